The average Bonchev–Trinajstić information content (AvgIpc) is 3.53. The van der Waals surface area contributed by atoms with Crippen molar-refractivity contribution in [2.45, 2.75) is 58.9 Å². The highest BCUT2D eigenvalue weighted by Crippen LogP contribution is 2.48. The van der Waals surface area contributed by atoms with E-state index in [2.05, 4.69) is 36.7 Å². The van der Waals surface area contributed by atoms with E-state index >= 15 is 0 Å². The van der Waals surface area contributed by atoms with E-state index in [0.29, 0.717) is 36.8 Å². The fourth-order valence-electron chi connectivity index (χ4n) is 5.99. The number of pyridine rings is 1. The van der Waals surface area contributed by atoms with Gasteiger partial charge >= 0.3 is 5.97 Å². The number of aromatic nitrogens is 1. The normalized spacial score (nSPS) is 20.7. The number of amides is 1. The van der Waals surface area contributed by atoms with E-state index < -0.39 is 11.9 Å². The molecule has 9 heteroatoms. The third kappa shape index (κ3) is 6.41. The summed E-state index contributed by atoms with van der Waals surface area (Å²) in [4.78, 5) is 34.8. The number of nitrogens with zero attached hydrogens (tertiary/aromatic N) is 3. The summed E-state index contributed by atoms with van der Waals surface area (Å²) >= 11 is 0. The van der Waals surface area contributed by atoms with Crippen LogP contribution in [0.4, 0.5) is 5.69 Å². The van der Waals surface area contributed by atoms with E-state index in [4.69, 9.17) is 14.2 Å². The van der Waals surface area contributed by atoms with E-state index in [-0.39, 0.29) is 36.6 Å². The molecule has 1 aromatic carbocycles. The van der Waals surface area contributed by atoms with Crippen LogP contribution in [0.1, 0.15) is 58.4 Å². The largest absolute Gasteiger partial charge is 0.493 e. The number of methoxy groups -OCH3 is 1. The number of fused-ring (bicyclic) bond motifs is 1. The van der Waals surface area contributed by atoms with Gasteiger partial charge in [0, 0.05) is 31.2 Å². The first kappa shape index (κ1) is 29.4. The topological polar surface area (TPSA) is 101 Å². The molecule has 1 fully saturated rings. The maximum Gasteiger partial charge on any atom is 0.308 e. The monoisotopic (exact) mass is 551 g/mol. The lowest BCUT2D eigenvalue weighted by atomic mass is 9.77. The molecule has 0 radical (unpaired) electrons. The summed E-state index contributed by atoms with van der Waals surface area (Å²) in [6, 6.07) is 7.05. The van der Waals surface area contributed by atoms with Gasteiger partial charge < -0.3 is 24.2 Å². The van der Waals surface area contributed by atoms with Crippen molar-refractivity contribution < 1.29 is 28.9 Å². The molecule has 2 aliphatic heterocycles. The number of hydrogen-bond acceptors (Lipinski definition) is 7. The molecule has 0 saturated carbocycles. The molecule has 216 valence electrons. The van der Waals surface area contributed by atoms with Crippen LogP contribution < -0.4 is 19.1 Å². The SMILES string of the molecule is C/C=C/C(C)(C)CC1C(C(=O)O)C(c2cc(OC)c3c(c2)OCO3)CN1CC(=O)N(CCCC)c1cccnc1. The molecular formula is C31H41N3O6. The van der Waals surface area contributed by atoms with Crippen molar-refractivity contribution in [2.75, 3.05) is 38.4 Å². The molecule has 2 aromatic rings. The number of carboxylic acids is 1. The number of ether oxygens (including phenoxy) is 3. The van der Waals surface area contributed by atoms with Gasteiger partial charge in [-0.1, -0.05) is 39.3 Å². The molecule has 1 amide bonds. The lowest BCUT2D eigenvalue weighted by Gasteiger charge is -2.34. The van der Waals surface area contributed by atoms with E-state index in [1.807, 2.05) is 37.3 Å². The zero-order valence-electron chi connectivity index (χ0n) is 24.1. The Hall–Kier alpha value is -3.59. The van der Waals surface area contributed by atoms with Crippen molar-refractivity contribution in [2.24, 2.45) is 11.3 Å². The number of unbranched alkanes of at least 4 members (excludes halogenated alkanes) is 1. The number of aliphatic carboxylic acids is 1. The third-order valence-electron chi connectivity index (χ3n) is 7.83. The van der Waals surface area contributed by atoms with Gasteiger partial charge in [-0.15, -0.1) is 0 Å². The molecule has 1 saturated heterocycles. The Morgan fingerprint density at radius 2 is 2.10 bits per heavy atom. The summed E-state index contributed by atoms with van der Waals surface area (Å²) in [5.74, 6) is -0.473. The fraction of sp³-hybridized carbons (Fsp3) is 0.516. The molecule has 3 heterocycles. The standard InChI is InChI=1S/C31H41N3O6/c1-6-8-13-34(22-10-9-12-32-17-22)27(35)19-33-18-23(21-14-25(38-5)29-26(15-21)39-20-40-29)28(30(36)37)24(33)16-31(3,4)11-7-2/h7,9-12,14-15,17,23-24,28H,6,8,13,16,18-20H2,1-5H3,(H,36,37)/b11-7+. The lowest BCUT2D eigenvalue weighted by Crippen LogP contribution is -2.45. The number of allylic oxidation sites excluding steroid dienone is 2. The molecule has 4 rings (SSSR count). The average molecular weight is 552 g/mol. The van der Waals surface area contributed by atoms with Crippen molar-refractivity contribution in [3.63, 3.8) is 0 Å². The van der Waals surface area contributed by atoms with Gasteiger partial charge in [0.2, 0.25) is 18.4 Å². The van der Waals surface area contributed by atoms with Gasteiger partial charge in [-0.25, -0.2) is 0 Å². The molecule has 1 N–H and O–H groups in total. The first-order chi connectivity index (χ1) is 19.2. The van der Waals surface area contributed by atoms with Crippen LogP contribution in [-0.2, 0) is 9.59 Å². The van der Waals surface area contributed by atoms with Gasteiger partial charge in [-0.3, -0.25) is 19.5 Å². The Morgan fingerprint density at radius 1 is 1.30 bits per heavy atom. The van der Waals surface area contributed by atoms with Gasteiger partial charge in [0.25, 0.3) is 0 Å². The van der Waals surface area contributed by atoms with Crippen LogP contribution in [0.3, 0.4) is 0 Å². The van der Waals surface area contributed by atoms with Gasteiger partial charge in [0.1, 0.15) is 0 Å². The minimum Gasteiger partial charge on any atom is -0.493 e. The van der Waals surface area contributed by atoms with E-state index in [1.165, 1.54) is 0 Å². The van der Waals surface area contributed by atoms with Crippen LogP contribution in [0, 0.1) is 11.3 Å². The predicted molar refractivity (Wildman–Crippen MR) is 153 cm³/mol. The van der Waals surface area contributed by atoms with Crippen molar-refractivity contribution in [3.05, 3.63) is 54.4 Å². The number of hydrogen-bond donors (Lipinski definition) is 1. The van der Waals surface area contributed by atoms with Gasteiger partial charge in [0.15, 0.2) is 11.5 Å². The second kappa shape index (κ2) is 12.7. The van der Waals surface area contributed by atoms with Crippen molar-refractivity contribution >= 4 is 17.6 Å². The molecule has 0 bridgehead atoms. The van der Waals surface area contributed by atoms with Gasteiger partial charge in [-0.05, 0) is 55.0 Å². The Kier molecular flexibility index (Phi) is 9.35. The first-order valence-corrected chi connectivity index (χ1v) is 14.0. The lowest BCUT2D eigenvalue weighted by molar-refractivity contribution is -0.143. The fourth-order valence-corrected chi connectivity index (χ4v) is 5.99. The number of rotatable bonds is 12. The number of carbonyl (C=O) groups is 2. The zero-order valence-corrected chi connectivity index (χ0v) is 24.1. The maximum absolute atomic E-state index is 13.9. The van der Waals surface area contributed by atoms with Crippen LogP contribution >= 0.6 is 0 Å². The van der Waals surface area contributed by atoms with Crippen LogP contribution in [-0.4, -0.2) is 66.4 Å². The van der Waals surface area contributed by atoms with Crippen molar-refractivity contribution in [1.29, 1.82) is 0 Å². The zero-order chi connectivity index (χ0) is 28.9. The number of carboxylic acid groups (broad SMARTS) is 1. The van der Waals surface area contributed by atoms with E-state index in [0.717, 1.165) is 24.1 Å². The predicted octanol–water partition coefficient (Wildman–Crippen LogP) is 5.11. The second-order valence-corrected chi connectivity index (χ2v) is 11.2. The quantitative estimate of drug-likeness (QED) is 0.363. The number of anilines is 1. The third-order valence-corrected chi connectivity index (χ3v) is 7.83. The minimum absolute atomic E-state index is 0.0663. The molecule has 9 nitrogen and oxygen atoms in total. The summed E-state index contributed by atoms with van der Waals surface area (Å²) in [6.45, 7) is 9.45. The van der Waals surface area contributed by atoms with Crippen LogP contribution in [0.5, 0.6) is 17.2 Å². The molecule has 3 unspecified atom stereocenters. The summed E-state index contributed by atoms with van der Waals surface area (Å²) in [5.41, 5.74) is 1.28. The molecule has 2 aliphatic rings. The minimum atomic E-state index is -0.882. The maximum atomic E-state index is 13.9. The summed E-state index contributed by atoms with van der Waals surface area (Å²) in [7, 11) is 1.56. The van der Waals surface area contributed by atoms with E-state index in [9.17, 15) is 14.7 Å². The van der Waals surface area contributed by atoms with Gasteiger partial charge in [-0.2, -0.15) is 0 Å². The smallest absolute Gasteiger partial charge is 0.308 e. The molecule has 3 atom stereocenters. The number of carbonyl (C=O) groups excluding carboxylic acids is 1. The van der Waals surface area contributed by atoms with Crippen molar-refractivity contribution in [3.8, 4) is 17.2 Å². The van der Waals surface area contributed by atoms with Crippen LogP contribution in [0.2, 0.25) is 0 Å². The second-order valence-electron chi connectivity index (χ2n) is 11.2. The summed E-state index contributed by atoms with van der Waals surface area (Å²) < 4.78 is 16.8. The highest BCUT2D eigenvalue weighted by atomic mass is 16.7. The van der Waals surface area contributed by atoms with Crippen molar-refractivity contribution in [1.82, 2.24) is 9.88 Å². The number of benzene rings is 1. The summed E-state index contributed by atoms with van der Waals surface area (Å²) in [6.07, 6.45) is 9.88. The Balaban J connectivity index is 1.71. The molecule has 0 aliphatic carbocycles. The van der Waals surface area contributed by atoms with Crippen LogP contribution in [0.25, 0.3) is 0 Å². The van der Waals surface area contributed by atoms with E-state index in [1.54, 1.807) is 24.4 Å². The molecule has 0 spiro atoms. The van der Waals surface area contributed by atoms with Gasteiger partial charge in [0.05, 0.1) is 31.5 Å². The first-order valence-electron chi connectivity index (χ1n) is 14.0. The Bertz CT molecular complexity index is 1220. The summed E-state index contributed by atoms with van der Waals surface area (Å²) in [5, 5.41) is 10.6. The Morgan fingerprint density at radius 3 is 2.75 bits per heavy atom. The Labute approximate surface area is 236 Å². The molecule has 1 aromatic heterocycles. The molecular weight excluding hydrogens is 510 g/mol. The highest BCUT2D eigenvalue weighted by Gasteiger charge is 2.49. The van der Waals surface area contributed by atoms with Crippen LogP contribution in [0.15, 0.2) is 48.8 Å². The molecule has 40 heavy (non-hydrogen) atoms. The highest BCUT2D eigenvalue weighted by molar-refractivity contribution is 5.94. The number of likely N-dealkylation sites (tertiary alicyclic amines) is 1.